The molecule has 2 aromatic rings. The molecule has 11 nitrogen and oxygen atoms in total. The summed E-state index contributed by atoms with van der Waals surface area (Å²) in [4.78, 5) is 31.5. The minimum Gasteiger partial charge on any atom is -0.481 e. The molecular formula is C27H25BrClF4N5O6S. The van der Waals surface area contributed by atoms with Gasteiger partial charge in [-0.3, -0.25) is 15.1 Å². The van der Waals surface area contributed by atoms with Crippen LogP contribution in [0.15, 0.2) is 39.8 Å². The van der Waals surface area contributed by atoms with Gasteiger partial charge in [-0.25, -0.2) is 17.6 Å². The van der Waals surface area contributed by atoms with Crippen LogP contribution in [0.4, 0.5) is 22.4 Å². The highest BCUT2D eigenvalue weighted by Crippen LogP contribution is 2.40. The van der Waals surface area contributed by atoms with E-state index in [0.29, 0.717) is 23.9 Å². The van der Waals surface area contributed by atoms with E-state index in [-0.39, 0.29) is 17.9 Å². The molecule has 1 aromatic heterocycles. The third kappa shape index (κ3) is 6.42. The zero-order valence-corrected chi connectivity index (χ0v) is 26.5. The molecule has 3 fully saturated rings. The molecule has 1 aliphatic carbocycles. The van der Waals surface area contributed by atoms with E-state index in [4.69, 9.17) is 21.1 Å². The molecule has 5 rings (SSSR count). The standard InChI is InChI=1S/C27H25BrClF4N5O6S/c1-14(27(31,32)33)43-16-2-3-20(18(29)9-16)45(41,42)17-10-21(44-24(40)37-25(13-34)4-5-25)38(12-17)23(39)26(6-7-36-26)22-19(30)8-15(28)11-35-22/h2-3,8-9,11,14,17,21,36H,4-7,10,12H2,1H3,(H,37,40)/t14-,17+,21-,26?/m0/s1. The van der Waals surface area contributed by atoms with Gasteiger partial charge in [0.05, 0.1) is 21.2 Å². The highest BCUT2D eigenvalue weighted by Gasteiger charge is 2.56. The van der Waals surface area contributed by atoms with Crippen molar-refractivity contribution in [3.8, 4) is 11.8 Å². The van der Waals surface area contributed by atoms with Gasteiger partial charge in [0.15, 0.2) is 22.2 Å². The number of rotatable bonds is 8. The van der Waals surface area contributed by atoms with Crippen LogP contribution in [0.2, 0.25) is 5.02 Å². The van der Waals surface area contributed by atoms with Crippen LogP contribution < -0.4 is 15.4 Å². The summed E-state index contributed by atoms with van der Waals surface area (Å²) in [6.07, 6.45) is -7.65. The Hall–Kier alpha value is -3.20. The minimum atomic E-state index is -4.67. The summed E-state index contributed by atoms with van der Waals surface area (Å²) in [5.41, 5.74) is -3.04. The Balaban J connectivity index is 1.44. The first-order valence-electron chi connectivity index (χ1n) is 13.6. The van der Waals surface area contributed by atoms with Gasteiger partial charge in [0, 0.05) is 29.7 Å². The lowest BCUT2D eigenvalue weighted by atomic mass is 9.82. The van der Waals surface area contributed by atoms with Gasteiger partial charge in [-0.15, -0.1) is 0 Å². The number of pyridine rings is 1. The summed E-state index contributed by atoms with van der Waals surface area (Å²) in [6, 6.07) is 6.03. The van der Waals surface area contributed by atoms with Crippen molar-refractivity contribution >= 4 is 49.4 Å². The van der Waals surface area contributed by atoms with Crippen molar-refractivity contribution in [2.24, 2.45) is 0 Å². The van der Waals surface area contributed by atoms with Gasteiger partial charge in [0.2, 0.25) is 0 Å². The van der Waals surface area contributed by atoms with Gasteiger partial charge < -0.3 is 19.7 Å². The van der Waals surface area contributed by atoms with Crippen molar-refractivity contribution in [3.63, 3.8) is 0 Å². The van der Waals surface area contributed by atoms with Crippen LogP contribution in [0.1, 0.15) is 38.3 Å². The van der Waals surface area contributed by atoms with E-state index in [9.17, 15) is 36.4 Å². The second kappa shape index (κ2) is 11.9. The fourth-order valence-electron chi connectivity index (χ4n) is 5.12. The average Bonchev–Trinajstić information content (AvgIpc) is 3.56. The van der Waals surface area contributed by atoms with Crippen molar-refractivity contribution in [2.75, 3.05) is 13.1 Å². The summed E-state index contributed by atoms with van der Waals surface area (Å²) in [5, 5.41) is 12.8. The number of alkyl carbamates (subject to hydrolysis) is 1. The number of halogens is 6. The Kier molecular flexibility index (Phi) is 8.75. The number of benzene rings is 1. The third-order valence-corrected chi connectivity index (χ3v) is 11.0. The number of hydrogen-bond acceptors (Lipinski definition) is 9. The maximum atomic E-state index is 15.0. The molecule has 4 atom stereocenters. The largest absolute Gasteiger partial charge is 0.481 e. The van der Waals surface area contributed by atoms with Gasteiger partial charge in [-0.1, -0.05) is 11.6 Å². The highest BCUT2D eigenvalue weighted by atomic mass is 79.9. The smallest absolute Gasteiger partial charge is 0.425 e. The molecule has 1 unspecified atom stereocenters. The van der Waals surface area contributed by atoms with Gasteiger partial charge in [-0.05, 0) is 66.9 Å². The second-order valence-corrected chi connectivity index (χ2v) is 14.5. The second-order valence-electron chi connectivity index (χ2n) is 11.0. The van der Waals surface area contributed by atoms with Crippen molar-refractivity contribution in [1.82, 2.24) is 20.5 Å². The van der Waals surface area contributed by atoms with Crippen LogP contribution in [-0.4, -0.2) is 72.7 Å². The summed E-state index contributed by atoms with van der Waals surface area (Å²) in [7, 11) is -4.40. The van der Waals surface area contributed by atoms with Gasteiger partial charge in [-0.2, -0.15) is 18.4 Å². The molecule has 18 heteroatoms. The topological polar surface area (TPSA) is 151 Å². The lowest BCUT2D eigenvalue weighted by Gasteiger charge is -2.44. The van der Waals surface area contributed by atoms with E-state index in [1.807, 2.05) is 6.07 Å². The number of aromatic nitrogens is 1. The molecule has 0 radical (unpaired) electrons. The number of hydrogen-bond donors (Lipinski definition) is 2. The van der Waals surface area contributed by atoms with Crippen LogP contribution >= 0.6 is 27.5 Å². The van der Waals surface area contributed by atoms with Crippen LogP contribution in [0.5, 0.6) is 5.75 Å². The number of nitrogens with zero attached hydrogens (tertiary/aromatic N) is 3. The molecule has 1 aromatic carbocycles. The molecule has 45 heavy (non-hydrogen) atoms. The molecule has 3 heterocycles. The van der Waals surface area contributed by atoms with Crippen molar-refractivity contribution in [3.05, 3.63) is 51.5 Å². The Bertz CT molecular complexity index is 1680. The Morgan fingerprint density at radius 2 is 1.98 bits per heavy atom. The zero-order valence-electron chi connectivity index (χ0n) is 23.3. The maximum Gasteiger partial charge on any atom is 0.425 e. The third-order valence-electron chi connectivity index (χ3n) is 7.95. The van der Waals surface area contributed by atoms with Crippen LogP contribution in [0.3, 0.4) is 0 Å². The van der Waals surface area contributed by atoms with Crippen LogP contribution in [-0.2, 0) is 24.9 Å². The number of nitriles is 1. The summed E-state index contributed by atoms with van der Waals surface area (Å²) < 4.78 is 92.1. The van der Waals surface area contributed by atoms with E-state index in [1.54, 1.807) is 0 Å². The Morgan fingerprint density at radius 3 is 2.51 bits per heavy atom. The molecule has 2 saturated heterocycles. The van der Waals surface area contributed by atoms with Crippen molar-refractivity contribution in [2.45, 2.75) is 72.3 Å². The van der Waals surface area contributed by atoms with E-state index in [2.05, 4.69) is 31.5 Å². The predicted molar refractivity (Wildman–Crippen MR) is 152 cm³/mol. The molecule has 2 N–H and O–H groups in total. The maximum absolute atomic E-state index is 15.0. The molecule has 0 bridgehead atoms. The fraction of sp³-hybridized carbons (Fsp3) is 0.481. The van der Waals surface area contributed by atoms with Gasteiger partial charge >= 0.3 is 12.3 Å². The van der Waals surface area contributed by atoms with Crippen molar-refractivity contribution < 1.29 is 45.0 Å². The van der Waals surface area contributed by atoms with Crippen LogP contribution in [0.25, 0.3) is 0 Å². The normalized spacial score (nSPS) is 24.6. The summed E-state index contributed by atoms with van der Waals surface area (Å²) in [5.74, 6) is -1.92. The fourth-order valence-corrected chi connectivity index (χ4v) is 7.64. The molecule has 2 amide bonds. The summed E-state index contributed by atoms with van der Waals surface area (Å²) in [6.45, 7) is 0.579. The molecule has 2 aliphatic heterocycles. The molecule has 0 spiro atoms. The molecule has 242 valence electrons. The summed E-state index contributed by atoms with van der Waals surface area (Å²) >= 11 is 9.33. The van der Waals surface area contributed by atoms with E-state index in [1.165, 1.54) is 6.20 Å². The van der Waals surface area contributed by atoms with E-state index >= 15 is 4.39 Å². The van der Waals surface area contributed by atoms with E-state index < -0.39 is 85.4 Å². The molecule has 3 aliphatic rings. The number of amides is 2. The number of sulfone groups is 1. The SMILES string of the molecule is C[C@H](Oc1ccc(S(=O)(=O)[C@@H]2C[C@H](OC(=O)NC3(C#N)CC3)N(C(=O)C3(c4ncc(Br)cc4F)CCN3)C2)c(Cl)c1)C(F)(F)F. The number of ether oxygens (including phenoxy) is 2. The number of likely N-dealkylation sites (tertiary alicyclic amines) is 1. The quantitative estimate of drug-likeness (QED) is 0.377. The first-order chi connectivity index (χ1) is 21.0. The number of carbonyl (C=O) groups excluding carboxylic acids is 2. The van der Waals surface area contributed by atoms with E-state index in [0.717, 1.165) is 36.1 Å². The average molecular weight is 739 g/mol. The number of alkyl halides is 3. The highest BCUT2D eigenvalue weighted by molar-refractivity contribution is 9.10. The monoisotopic (exact) mass is 737 g/mol. The van der Waals surface area contributed by atoms with Gasteiger partial charge in [0.1, 0.15) is 28.3 Å². The Morgan fingerprint density at radius 1 is 1.29 bits per heavy atom. The zero-order chi connectivity index (χ0) is 32.9. The van der Waals surface area contributed by atoms with Crippen LogP contribution in [0, 0.1) is 17.1 Å². The lowest BCUT2D eigenvalue weighted by molar-refractivity contribution is -0.189. The predicted octanol–water partition coefficient (Wildman–Crippen LogP) is 4.34. The number of carbonyl (C=O) groups is 2. The number of nitrogens with one attached hydrogen (secondary N) is 2. The minimum absolute atomic E-state index is 0.103. The lowest BCUT2D eigenvalue weighted by Crippen LogP contribution is -2.65. The Labute approximate surface area is 268 Å². The first-order valence-corrected chi connectivity index (χ1v) is 16.3. The molecule has 1 saturated carbocycles. The first kappa shape index (κ1) is 33.2. The van der Waals surface area contributed by atoms with Crippen molar-refractivity contribution in [1.29, 1.82) is 5.26 Å². The van der Waals surface area contributed by atoms with Gasteiger partial charge in [0.25, 0.3) is 5.91 Å². The molecular weight excluding hydrogens is 714 g/mol.